The molecule has 0 unspecified atom stereocenters. The molecule has 0 N–H and O–H groups in total. The van der Waals surface area contributed by atoms with Gasteiger partial charge in [-0.3, -0.25) is 9.59 Å². The first-order valence-corrected chi connectivity index (χ1v) is 11.9. The van der Waals surface area contributed by atoms with E-state index in [4.69, 9.17) is 0 Å². The number of benzene rings is 2. The van der Waals surface area contributed by atoms with Gasteiger partial charge in [0.15, 0.2) is 11.6 Å². The number of amides is 2. The third-order valence-electron chi connectivity index (χ3n) is 6.20. The third kappa shape index (κ3) is 6.60. The summed E-state index contributed by atoms with van der Waals surface area (Å²) in [6, 6.07) is 4.75. The van der Waals surface area contributed by atoms with Gasteiger partial charge in [0.1, 0.15) is 11.6 Å². The molecule has 0 aromatic heterocycles. The molecule has 190 valence electrons. The predicted molar refractivity (Wildman–Crippen MR) is 126 cm³/mol. The molecule has 2 aromatic rings. The summed E-state index contributed by atoms with van der Waals surface area (Å²) in [6.45, 7) is 7.49. The lowest BCUT2D eigenvalue weighted by molar-refractivity contribution is -0.118. The minimum atomic E-state index is -1.10. The number of anilines is 1. The quantitative estimate of drug-likeness (QED) is 0.557. The van der Waals surface area contributed by atoms with Gasteiger partial charge in [-0.25, -0.2) is 17.6 Å². The second kappa shape index (κ2) is 11.7. The molecule has 0 fully saturated rings. The normalized spacial score (nSPS) is 16.0. The fourth-order valence-corrected chi connectivity index (χ4v) is 4.37. The first-order valence-electron chi connectivity index (χ1n) is 11.9. The van der Waals surface area contributed by atoms with Gasteiger partial charge < -0.3 is 14.7 Å². The molecule has 0 radical (unpaired) electrons. The Kier molecular flexibility index (Phi) is 8.88. The van der Waals surface area contributed by atoms with Crippen LogP contribution in [-0.4, -0.2) is 53.8 Å². The molecule has 2 amide bonds. The van der Waals surface area contributed by atoms with Crippen LogP contribution in [0.5, 0.6) is 0 Å². The van der Waals surface area contributed by atoms with Gasteiger partial charge in [-0.05, 0) is 50.5 Å². The number of nitrogens with zero attached hydrogens (tertiary/aromatic N) is 3. The van der Waals surface area contributed by atoms with Gasteiger partial charge >= 0.3 is 0 Å². The van der Waals surface area contributed by atoms with Crippen LogP contribution in [-0.2, 0) is 11.3 Å². The van der Waals surface area contributed by atoms with Crippen molar-refractivity contribution in [2.75, 3.05) is 31.1 Å². The molecular weight excluding hydrogens is 462 g/mol. The second-order valence-electron chi connectivity index (χ2n) is 9.02. The molecule has 0 saturated heterocycles. The number of hydrogen-bond donors (Lipinski definition) is 0. The lowest BCUT2D eigenvalue weighted by Crippen LogP contribution is -2.40. The molecule has 3 rings (SSSR count). The van der Waals surface area contributed by atoms with Gasteiger partial charge in [0.25, 0.3) is 5.91 Å². The standard InChI is InChI=1S/C26H31F4N3O2/c1-4-25(34)33-10-6-8-31(17(2)3)7-5-9-32(16-19-13-22(29)23(30)15-24(19)33)26(35)18-11-20(27)14-21(28)12-18/h11-15,17H,4-10,16H2,1-3H3. The average molecular weight is 494 g/mol. The Labute approximate surface area is 203 Å². The Hall–Kier alpha value is -2.94. The summed E-state index contributed by atoms with van der Waals surface area (Å²) in [4.78, 5) is 31.1. The number of carbonyl (C=O) groups excluding carboxylic acids is 2. The highest BCUT2D eigenvalue weighted by atomic mass is 19.2. The zero-order valence-electron chi connectivity index (χ0n) is 20.3. The Morgan fingerprint density at radius 3 is 2.06 bits per heavy atom. The average Bonchev–Trinajstić information content (AvgIpc) is 2.79. The number of fused-ring (bicyclic) bond motifs is 1. The number of hydrogen-bond acceptors (Lipinski definition) is 3. The maximum atomic E-state index is 14.3. The molecule has 0 saturated carbocycles. The van der Waals surface area contributed by atoms with Crippen LogP contribution >= 0.6 is 0 Å². The summed E-state index contributed by atoms with van der Waals surface area (Å²) in [7, 11) is 0. The van der Waals surface area contributed by atoms with E-state index in [1.54, 1.807) is 6.92 Å². The summed E-state index contributed by atoms with van der Waals surface area (Å²) < 4.78 is 56.2. The highest BCUT2D eigenvalue weighted by molar-refractivity contribution is 5.95. The highest BCUT2D eigenvalue weighted by Crippen LogP contribution is 2.28. The van der Waals surface area contributed by atoms with Crippen molar-refractivity contribution in [2.45, 2.75) is 52.6 Å². The minimum Gasteiger partial charge on any atom is -0.334 e. The second-order valence-corrected chi connectivity index (χ2v) is 9.02. The van der Waals surface area contributed by atoms with E-state index in [9.17, 15) is 27.2 Å². The van der Waals surface area contributed by atoms with Crippen LogP contribution in [0.1, 0.15) is 56.0 Å². The number of halogens is 4. The van der Waals surface area contributed by atoms with Crippen molar-refractivity contribution in [1.82, 2.24) is 9.80 Å². The van der Waals surface area contributed by atoms with Crippen LogP contribution in [0.25, 0.3) is 0 Å². The maximum absolute atomic E-state index is 14.3. The smallest absolute Gasteiger partial charge is 0.254 e. The first kappa shape index (κ1) is 26.7. The Morgan fingerprint density at radius 2 is 1.46 bits per heavy atom. The minimum absolute atomic E-state index is 0.154. The monoisotopic (exact) mass is 493 g/mol. The molecule has 5 nitrogen and oxygen atoms in total. The van der Waals surface area contributed by atoms with E-state index in [2.05, 4.69) is 4.90 Å². The Balaban J connectivity index is 2.08. The summed E-state index contributed by atoms with van der Waals surface area (Å²) >= 11 is 0. The lowest BCUT2D eigenvalue weighted by atomic mass is 10.1. The van der Waals surface area contributed by atoms with E-state index in [1.165, 1.54) is 9.80 Å². The van der Waals surface area contributed by atoms with Crippen LogP contribution in [0.2, 0.25) is 0 Å². The van der Waals surface area contributed by atoms with Crippen LogP contribution in [0, 0.1) is 23.3 Å². The van der Waals surface area contributed by atoms with Gasteiger partial charge in [0.2, 0.25) is 5.91 Å². The molecule has 0 spiro atoms. The Bertz CT molecular complexity index is 1060. The molecule has 35 heavy (non-hydrogen) atoms. The van der Waals surface area contributed by atoms with Crippen molar-refractivity contribution < 1.29 is 27.2 Å². The van der Waals surface area contributed by atoms with Gasteiger partial charge in [-0.1, -0.05) is 6.92 Å². The van der Waals surface area contributed by atoms with E-state index in [0.717, 1.165) is 24.3 Å². The van der Waals surface area contributed by atoms with Crippen LogP contribution < -0.4 is 4.90 Å². The van der Waals surface area contributed by atoms with Crippen molar-refractivity contribution in [2.24, 2.45) is 0 Å². The van der Waals surface area contributed by atoms with Crippen molar-refractivity contribution >= 4 is 17.5 Å². The summed E-state index contributed by atoms with van der Waals surface area (Å²) in [5, 5.41) is 0. The molecule has 0 atom stereocenters. The van der Waals surface area contributed by atoms with E-state index >= 15 is 0 Å². The molecular formula is C26H31F4N3O2. The van der Waals surface area contributed by atoms with Crippen LogP contribution in [0.3, 0.4) is 0 Å². The maximum Gasteiger partial charge on any atom is 0.254 e. The van der Waals surface area contributed by atoms with E-state index in [-0.39, 0.29) is 48.3 Å². The zero-order chi connectivity index (χ0) is 25.7. The van der Waals surface area contributed by atoms with Crippen molar-refractivity contribution in [1.29, 1.82) is 0 Å². The van der Waals surface area contributed by atoms with Gasteiger partial charge in [0, 0.05) is 62.9 Å². The third-order valence-corrected chi connectivity index (χ3v) is 6.20. The topological polar surface area (TPSA) is 43.9 Å². The molecule has 1 heterocycles. The number of carbonyl (C=O) groups is 2. The number of rotatable bonds is 3. The lowest BCUT2D eigenvalue weighted by Gasteiger charge is -2.33. The van der Waals surface area contributed by atoms with Gasteiger partial charge in [-0.15, -0.1) is 0 Å². The summed E-state index contributed by atoms with van der Waals surface area (Å²) in [5.74, 6) is -4.87. The molecule has 0 bridgehead atoms. The fraction of sp³-hybridized carbons (Fsp3) is 0.462. The highest BCUT2D eigenvalue weighted by Gasteiger charge is 2.25. The van der Waals surface area contributed by atoms with E-state index in [1.807, 2.05) is 13.8 Å². The van der Waals surface area contributed by atoms with Gasteiger partial charge in [-0.2, -0.15) is 0 Å². The molecule has 2 aromatic carbocycles. The van der Waals surface area contributed by atoms with Crippen LogP contribution in [0.15, 0.2) is 30.3 Å². The van der Waals surface area contributed by atoms with Crippen LogP contribution in [0.4, 0.5) is 23.2 Å². The summed E-state index contributed by atoms with van der Waals surface area (Å²) in [5.41, 5.74) is 0.258. The predicted octanol–water partition coefficient (Wildman–Crippen LogP) is 5.13. The van der Waals surface area contributed by atoms with E-state index in [0.29, 0.717) is 38.5 Å². The largest absolute Gasteiger partial charge is 0.334 e. The first-order chi connectivity index (χ1) is 16.6. The molecule has 0 aliphatic carbocycles. The van der Waals surface area contributed by atoms with Crippen molar-refractivity contribution in [3.05, 3.63) is 64.7 Å². The molecule has 1 aliphatic rings. The van der Waals surface area contributed by atoms with Gasteiger partial charge in [0.05, 0.1) is 5.69 Å². The fourth-order valence-electron chi connectivity index (χ4n) is 4.37. The Morgan fingerprint density at radius 1 is 0.857 bits per heavy atom. The molecule has 9 heteroatoms. The van der Waals surface area contributed by atoms with Crippen molar-refractivity contribution in [3.8, 4) is 0 Å². The zero-order valence-corrected chi connectivity index (χ0v) is 20.3. The van der Waals surface area contributed by atoms with E-state index < -0.39 is 29.2 Å². The SMILES string of the molecule is CCC(=O)N1CCCN(C(C)C)CCCN(C(=O)c2cc(F)cc(F)c2)Cc2cc(F)c(F)cc21. The summed E-state index contributed by atoms with van der Waals surface area (Å²) in [6.07, 6.45) is 1.36. The van der Waals surface area contributed by atoms with Crippen molar-refractivity contribution in [3.63, 3.8) is 0 Å². The molecule has 1 aliphatic heterocycles.